The minimum Gasteiger partial charge on any atom is -0.388 e. The molecule has 2 rings (SSSR count). The number of hydrogen-bond acceptors (Lipinski definition) is 3. The number of aliphatic hydroxyl groups is 1. The van der Waals surface area contributed by atoms with Crippen molar-refractivity contribution in [3.63, 3.8) is 0 Å². The summed E-state index contributed by atoms with van der Waals surface area (Å²) in [4.78, 5) is 14.8. The second-order valence-corrected chi connectivity index (χ2v) is 5.68. The van der Waals surface area contributed by atoms with Gasteiger partial charge in [-0.15, -0.1) is 11.3 Å². The number of β-amino-alcohol motifs (C(OH)–C–C–N with tert-alkyl or cyclic N) is 1. The molecule has 0 saturated carbocycles. The molecule has 88 valence electrons. The van der Waals surface area contributed by atoms with Gasteiger partial charge in [-0.3, -0.25) is 4.79 Å². The van der Waals surface area contributed by atoms with E-state index in [0.29, 0.717) is 6.54 Å². The van der Waals surface area contributed by atoms with E-state index >= 15 is 0 Å². The fraction of sp³-hybridized carbons (Fsp3) is 0.583. The van der Waals surface area contributed by atoms with Crippen LogP contribution in [0.15, 0.2) is 11.4 Å². The van der Waals surface area contributed by atoms with Crippen LogP contribution in [0, 0.1) is 6.92 Å². The fourth-order valence-corrected chi connectivity index (χ4v) is 3.02. The lowest BCUT2D eigenvalue weighted by atomic mass is 9.95. The van der Waals surface area contributed by atoms with Crippen LogP contribution in [0.25, 0.3) is 0 Å². The Labute approximate surface area is 99.7 Å². The maximum Gasteiger partial charge on any atom is 0.264 e. The Kier molecular flexibility index (Phi) is 3.04. The van der Waals surface area contributed by atoms with Crippen LogP contribution in [0.5, 0.6) is 0 Å². The highest BCUT2D eigenvalue weighted by molar-refractivity contribution is 7.12. The molecule has 1 saturated heterocycles. The number of carbonyl (C=O) groups is 1. The number of aryl methyl sites for hydroxylation is 1. The molecule has 1 aliphatic heterocycles. The summed E-state index contributed by atoms with van der Waals surface area (Å²) in [6.45, 7) is 4.95. The molecule has 1 unspecified atom stereocenters. The number of thiophene rings is 1. The van der Waals surface area contributed by atoms with Crippen LogP contribution in [-0.2, 0) is 0 Å². The van der Waals surface area contributed by atoms with Crippen molar-refractivity contribution in [2.24, 2.45) is 0 Å². The average Bonchev–Trinajstić information content (AvgIpc) is 2.62. The van der Waals surface area contributed by atoms with E-state index in [-0.39, 0.29) is 5.91 Å². The smallest absolute Gasteiger partial charge is 0.264 e. The lowest BCUT2D eigenvalue weighted by molar-refractivity contribution is -0.0106. The summed E-state index contributed by atoms with van der Waals surface area (Å²) < 4.78 is 0. The number of likely N-dealkylation sites (tertiary alicyclic amines) is 1. The Morgan fingerprint density at radius 1 is 1.62 bits per heavy atom. The standard InChI is InChI=1S/C12H17NO2S/c1-9-4-7-16-10(9)11(14)13-6-3-5-12(2,15)8-13/h4,7,15H,3,5-6,8H2,1-2H3. The first-order chi connectivity index (χ1) is 7.49. The predicted molar refractivity (Wildman–Crippen MR) is 64.8 cm³/mol. The van der Waals surface area contributed by atoms with Crippen LogP contribution in [-0.4, -0.2) is 34.6 Å². The van der Waals surface area contributed by atoms with Crippen LogP contribution in [0.1, 0.15) is 35.0 Å². The highest BCUT2D eigenvalue weighted by atomic mass is 32.1. The molecule has 0 bridgehead atoms. The Morgan fingerprint density at radius 3 is 2.94 bits per heavy atom. The molecule has 1 N–H and O–H groups in total. The van der Waals surface area contributed by atoms with Gasteiger partial charge in [0.2, 0.25) is 0 Å². The van der Waals surface area contributed by atoms with Crippen molar-refractivity contribution in [1.82, 2.24) is 4.90 Å². The maximum absolute atomic E-state index is 12.2. The van der Waals surface area contributed by atoms with E-state index in [0.717, 1.165) is 29.8 Å². The minimum atomic E-state index is -0.723. The third-order valence-electron chi connectivity index (χ3n) is 3.02. The number of piperidine rings is 1. The van der Waals surface area contributed by atoms with E-state index in [1.807, 2.05) is 18.4 Å². The molecule has 0 spiro atoms. The Balaban J connectivity index is 2.14. The van der Waals surface area contributed by atoms with E-state index in [1.165, 1.54) is 11.3 Å². The maximum atomic E-state index is 12.2. The molecule has 3 nitrogen and oxygen atoms in total. The molecule has 4 heteroatoms. The number of hydrogen-bond donors (Lipinski definition) is 1. The van der Waals surface area contributed by atoms with Gasteiger partial charge in [0.1, 0.15) is 0 Å². The average molecular weight is 239 g/mol. The first-order valence-electron chi connectivity index (χ1n) is 5.55. The van der Waals surface area contributed by atoms with Gasteiger partial charge in [-0.25, -0.2) is 0 Å². The van der Waals surface area contributed by atoms with Gasteiger partial charge in [-0.2, -0.15) is 0 Å². The number of nitrogens with zero attached hydrogens (tertiary/aromatic N) is 1. The molecular formula is C12H17NO2S. The normalized spacial score (nSPS) is 25.8. The Hall–Kier alpha value is -0.870. The molecule has 16 heavy (non-hydrogen) atoms. The molecule has 1 amide bonds. The number of carbonyl (C=O) groups excluding carboxylic acids is 1. The molecule has 1 fully saturated rings. The molecule has 2 heterocycles. The fourth-order valence-electron chi connectivity index (χ4n) is 2.13. The second-order valence-electron chi connectivity index (χ2n) is 4.76. The van der Waals surface area contributed by atoms with Crippen LogP contribution < -0.4 is 0 Å². The van der Waals surface area contributed by atoms with Gasteiger partial charge in [-0.05, 0) is 43.7 Å². The molecule has 1 aromatic rings. The summed E-state index contributed by atoms with van der Waals surface area (Å²) in [6.07, 6.45) is 1.66. The number of amides is 1. The van der Waals surface area contributed by atoms with Gasteiger partial charge < -0.3 is 10.0 Å². The minimum absolute atomic E-state index is 0.0625. The zero-order chi connectivity index (χ0) is 11.8. The van der Waals surface area contributed by atoms with Gasteiger partial charge in [0, 0.05) is 13.1 Å². The summed E-state index contributed by atoms with van der Waals surface area (Å²) in [5.74, 6) is 0.0625. The molecule has 0 aromatic carbocycles. The zero-order valence-electron chi connectivity index (χ0n) is 9.69. The molecular weight excluding hydrogens is 222 g/mol. The zero-order valence-corrected chi connectivity index (χ0v) is 10.5. The van der Waals surface area contributed by atoms with Crippen LogP contribution >= 0.6 is 11.3 Å². The quantitative estimate of drug-likeness (QED) is 0.814. The van der Waals surface area contributed by atoms with Gasteiger partial charge in [0.15, 0.2) is 0 Å². The van der Waals surface area contributed by atoms with Crippen molar-refractivity contribution >= 4 is 17.2 Å². The van der Waals surface area contributed by atoms with Crippen molar-refractivity contribution in [2.45, 2.75) is 32.3 Å². The highest BCUT2D eigenvalue weighted by Crippen LogP contribution is 2.24. The lowest BCUT2D eigenvalue weighted by Gasteiger charge is -2.36. The Bertz CT molecular complexity index is 397. The van der Waals surface area contributed by atoms with Gasteiger partial charge >= 0.3 is 0 Å². The SMILES string of the molecule is Cc1ccsc1C(=O)N1CCCC(C)(O)C1. The highest BCUT2D eigenvalue weighted by Gasteiger charge is 2.31. The van der Waals surface area contributed by atoms with Crippen LogP contribution in [0.3, 0.4) is 0 Å². The van der Waals surface area contributed by atoms with E-state index in [9.17, 15) is 9.90 Å². The van der Waals surface area contributed by atoms with E-state index in [1.54, 1.807) is 11.8 Å². The summed E-state index contributed by atoms with van der Waals surface area (Å²) in [5, 5.41) is 11.9. The van der Waals surface area contributed by atoms with Crippen LogP contribution in [0.4, 0.5) is 0 Å². The predicted octanol–water partition coefficient (Wildman–Crippen LogP) is 2.04. The largest absolute Gasteiger partial charge is 0.388 e. The summed E-state index contributed by atoms with van der Waals surface area (Å²) in [7, 11) is 0. The molecule has 1 atom stereocenters. The second kappa shape index (κ2) is 4.18. The summed E-state index contributed by atoms with van der Waals surface area (Å²) in [5.41, 5.74) is 0.305. The Morgan fingerprint density at radius 2 is 2.38 bits per heavy atom. The van der Waals surface area contributed by atoms with Gasteiger partial charge in [0.25, 0.3) is 5.91 Å². The molecule has 1 aromatic heterocycles. The third kappa shape index (κ3) is 2.28. The van der Waals surface area contributed by atoms with Crippen molar-refractivity contribution in [2.75, 3.05) is 13.1 Å². The first kappa shape index (κ1) is 11.6. The first-order valence-corrected chi connectivity index (χ1v) is 6.43. The van der Waals surface area contributed by atoms with Crippen molar-refractivity contribution in [3.05, 3.63) is 21.9 Å². The van der Waals surface area contributed by atoms with E-state index < -0.39 is 5.60 Å². The topological polar surface area (TPSA) is 40.5 Å². The third-order valence-corrected chi connectivity index (χ3v) is 4.02. The van der Waals surface area contributed by atoms with E-state index in [2.05, 4.69) is 0 Å². The molecule has 1 aliphatic rings. The van der Waals surface area contributed by atoms with Crippen molar-refractivity contribution in [3.8, 4) is 0 Å². The summed E-state index contributed by atoms with van der Waals surface area (Å²) >= 11 is 1.48. The number of rotatable bonds is 1. The lowest BCUT2D eigenvalue weighted by Crippen LogP contribution is -2.48. The molecule has 0 aliphatic carbocycles. The van der Waals surface area contributed by atoms with E-state index in [4.69, 9.17) is 0 Å². The summed E-state index contributed by atoms with van der Waals surface area (Å²) in [6, 6.07) is 1.96. The van der Waals surface area contributed by atoms with Crippen molar-refractivity contribution < 1.29 is 9.90 Å². The van der Waals surface area contributed by atoms with Crippen molar-refractivity contribution in [1.29, 1.82) is 0 Å². The van der Waals surface area contributed by atoms with Crippen LogP contribution in [0.2, 0.25) is 0 Å². The van der Waals surface area contributed by atoms with Gasteiger partial charge in [-0.1, -0.05) is 0 Å². The molecule has 0 radical (unpaired) electrons. The van der Waals surface area contributed by atoms with Gasteiger partial charge in [0.05, 0.1) is 10.5 Å². The monoisotopic (exact) mass is 239 g/mol.